The van der Waals surface area contributed by atoms with Gasteiger partial charge in [0.2, 0.25) is 0 Å². The van der Waals surface area contributed by atoms with Crippen LogP contribution in [0.4, 0.5) is 22.7 Å². The van der Waals surface area contributed by atoms with E-state index in [1.165, 1.54) is 5.56 Å². The highest BCUT2D eigenvalue weighted by Crippen LogP contribution is 2.40. The molecule has 1 amide bonds. The summed E-state index contributed by atoms with van der Waals surface area (Å²) in [4.78, 5) is 28.9. The lowest BCUT2D eigenvalue weighted by atomic mass is 9.76. The van der Waals surface area contributed by atoms with Crippen LogP contribution in [0.3, 0.4) is 0 Å². The van der Waals surface area contributed by atoms with Crippen LogP contribution in [0.2, 0.25) is 0 Å². The van der Waals surface area contributed by atoms with Gasteiger partial charge in [0.05, 0.1) is 33.3 Å². The van der Waals surface area contributed by atoms with Crippen molar-refractivity contribution < 1.29 is 17.9 Å². The molecule has 10 nitrogen and oxygen atoms in total. The lowest BCUT2D eigenvalue weighted by molar-refractivity contribution is -0.122. The van der Waals surface area contributed by atoms with Crippen molar-refractivity contribution in [1.29, 1.82) is 0 Å². The summed E-state index contributed by atoms with van der Waals surface area (Å²) in [6.07, 6.45) is 1.29. The van der Waals surface area contributed by atoms with Crippen molar-refractivity contribution in [3.63, 3.8) is 0 Å². The van der Waals surface area contributed by atoms with Crippen molar-refractivity contribution in [2.24, 2.45) is 7.05 Å². The second-order valence-corrected chi connectivity index (χ2v) is 20.7. The third kappa shape index (κ3) is 10.4. The van der Waals surface area contributed by atoms with E-state index >= 15 is 0 Å². The molecule has 3 N–H and O–H groups in total. The predicted octanol–water partition coefficient (Wildman–Crippen LogP) is 12.6. The molecule has 1 atom stereocenters. The molecule has 5 aromatic rings. The molecule has 0 bridgehead atoms. The normalized spacial score (nSPS) is 12.9. The number of rotatable bonds is 18. The standard InChI is InChI=1S/C52H71N5O5S/c1-16-45(62-46-27-24-37(51(11,12)17-2)30-42(46)52(13,14)18-3)49(58)54-44-31-38(55-63(60,61)48-40(33(6)7)28-36(32(4)5)29-41(48)34(8)9)25-26-43(44)53-47-35(10)56(15)57(50(47)59)39-22-20-19-21-23-39/h19-34,45,53,55H,16-18H2,1-15H3,(H,54,58). The number of sulfonamides is 1. The summed E-state index contributed by atoms with van der Waals surface area (Å²) in [5.41, 5.74) is 6.85. The van der Waals surface area contributed by atoms with E-state index in [2.05, 4.69) is 82.9 Å². The van der Waals surface area contributed by atoms with Crippen LogP contribution in [-0.4, -0.2) is 29.8 Å². The first-order valence-corrected chi connectivity index (χ1v) is 24.0. The quantitative estimate of drug-likeness (QED) is 0.0805. The lowest BCUT2D eigenvalue weighted by Crippen LogP contribution is -2.33. The maximum atomic E-state index is 14.6. The molecule has 0 radical (unpaired) electrons. The van der Waals surface area contributed by atoms with Gasteiger partial charge in [-0.2, -0.15) is 0 Å². The summed E-state index contributed by atoms with van der Waals surface area (Å²) in [5, 5.41) is 6.39. The first kappa shape index (κ1) is 48.7. The van der Waals surface area contributed by atoms with Crippen molar-refractivity contribution in [3.05, 3.63) is 123 Å². The van der Waals surface area contributed by atoms with Gasteiger partial charge in [-0.25, -0.2) is 13.1 Å². The number of carbonyl (C=O) groups is 1. The van der Waals surface area contributed by atoms with E-state index in [0.29, 0.717) is 34.9 Å². The minimum absolute atomic E-state index is 0.0414. The van der Waals surface area contributed by atoms with E-state index in [9.17, 15) is 18.0 Å². The van der Waals surface area contributed by atoms with Crippen LogP contribution < -0.4 is 25.7 Å². The monoisotopic (exact) mass is 878 g/mol. The van der Waals surface area contributed by atoms with Gasteiger partial charge in [-0.05, 0) is 113 Å². The van der Waals surface area contributed by atoms with Gasteiger partial charge in [0.25, 0.3) is 21.5 Å². The number of carbonyl (C=O) groups excluding carboxylic acids is 1. The number of aromatic nitrogens is 2. The Morgan fingerprint density at radius 2 is 1.37 bits per heavy atom. The summed E-state index contributed by atoms with van der Waals surface area (Å²) in [6, 6.07) is 24.6. The van der Waals surface area contributed by atoms with Gasteiger partial charge in [-0.15, -0.1) is 0 Å². The Morgan fingerprint density at radius 1 is 0.762 bits per heavy atom. The summed E-state index contributed by atoms with van der Waals surface area (Å²) in [7, 11) is -2.32. The van der Waals surface area contributed by atoms with Crippen LogP contribution in [0.25, 0.3) is 5.69 Å². The number of amides is 1. The zero-order valence-electron chi connectivity index (χ0n) is 40.3. The fourth-order valence-corrected chi connectivity index (χ4v) is 9.49. The maximum absolute atomic E-state index is 14.6. The van der Waals surface area contributed by atoms with Crippen molar-refractivity contribution >= 4 is 38.7 Å². The number of nitrogens with zero attached hydrogens (tertiary/aromatic N) is 2. The molecule has 1 heterocycles. The lowest BCUT2D eigenvalue weighted by Gasteiger charge is -2.31. The Morgan fingerprint density at radius 3 is 1.90 bits per heavy atom. The number of benzene rings is 4. The second-order valence-electron chi connectivity index (χ2n) is 19.1. The molecule has 1 unspecified atom stereocenters. The number of ether oxygens (including phenoxy) is 1. The van der Waals surface area contributed by atoms with Gasteiger partial charge in [-0.1, -0.05) is 132 Å². The molecule has 0 fully saturated rings. The van der Waals surface area contributed by atoms with Crippen LogP contribution in [-0.2, 0) is 32.7 Å². The molecule has 5 rings (SSSR count). The minimum atomic E-state index is -4.13. The van der Waals surface area contributed by atoms with E-state index in [0.717, 1.165) is 35.1 Å². The third-order valence-corrected chi connectivity index (χ3v) is 14.4. The van der Waals surface area contributed by atoms with Gasteiger partial charge in [0.15, 0.2) is 6.10 Å². The van der Waals surface area contributed by atoms with E-state index < -0.39 is 22.0 Å². The van der Waals surface area contributed by atoms with E-state index in [1.807, 2.05) is 97.1 Å². The van der Waals surface area contributed by atoms with Gasteiger partial charge >= 0.3 is 0 Å². The SMILES string of the molecule is CCC(Oc1ccc(C(C)(C)CC)cc1C(C)(C)CC)C(=O)Nc1cc(NS(=O)(=O)c2c(C(C)C)cc(C(C)C)cc2C(C)C)ccc1Nc1c(C)n(C)n(-c2ccccc2)c1=O. The summed E-state index contributed by atoms with van der Waals surface area (Å²) in [6.45, 7) is 29.2. The third-order valence-electron chi connectivity index (χ3n) is 12.9. The fourth-order valence-electron chi connectivity index (χ4n) is 7.74. The molecule has 4 aromatic carbocycles. The smallest absolute Gasteiger partial charge is 0.295 e. The molecular weight excluding hydrogens is 807 g/mol. The first-order chi connectivity index (χ1) is 29.5. The van der Waals surface area contributed by atoms with Gasteiger partial charge in [0.1, 0.15) is 11.4 Å². The van der Waals surface area contributed by atoms with Crippen LogP contribution in [0.1, 0.15) is 161 Å². The van der Waals surface area contributed by atoms with Crippen molar-refractivity contribution in [2.75, 3.05) is 15.4 Å². The zero-order chi connectivity index (χ0) is 46.8. The van der Waals surface area contributed by atoms with Gasteiger partial charge in [-0.3, -0.25) is 19.0 Å². The Kier molecular flexibility index (Phi) is 14.9. The van der Waals surface area contributed by atoms with E-state index in [1.54, 1.807) is 27.6 Å². The molecule has 0 aliphatic heterocycles. The Bertz CT molecular complexity index is 2570. The maximum Gasteiger partial charge on any atom is 0.295 e. The molecular formula is C52H71N5O5S. The molecule has 0 saturated carbocycles. The fraction of sp³-hybridized carbons (Fsp3) is 0.462. The van der Waals surface area contributed by atoms with Crippen LogP contribution >= 0.6 is 0 Å². The predicted molar refractivity (Wildman–Crippen MR) is 261 cm³/mol. The average Bonchev–Trinajstić information content (AvgIpc) is 3.45. The largest absolute Gasteiger partial charge is 0.480 e. The highest BCUT2D eigenvalue weighted by molar-refractivity contribution is 7.92. The summed E-state index contributed by atoms with van der Waals surface area (Å²) >= 11 is 0. The number of hydrogen-bond acceptors (Lipinski definition) is 6. The van der Waals surface area contributed by atoms with Crippen LogP contribution in [0.5, 0.6) is 5.75 Å². The highest BCUT2D eigenvalue weighted by Gasteiger charge is 2.31. The molecule has 0 aliphatic carbocycles. The van der Waals surface area contributed by atoms with Crippen molar-refractivity contribution in [1.82, 2.24) is 9.36 Å². The molecule has 0 saturated heterocycles. The van der Waals surface area contributed by atoms with Crippen molar-refractivity contribution in [2.45, 2.75) is 156 Å². The zero-order valence-corrected chi connectivity index (χ0v) is 41.1. The number of para-hydroxylation sites is 1. The summed E-state index contributed by atoms with van der Waals surface area (Å²) in [5.74, 6) is 0.318. The minimum Gasteiger partial charge on any atom is -0.480 e. The first-order valence-electron chi connectivity index (χ1n) is 22.6. The highest BCUT2D eigenvalue weighted by atomic mass is 32.2. The van der Waals surface area contributed by atoms with Crippen molar-refractivity contribution in [3.8, 4) is 11.4 Å². The molecule has 11 heteroatoms. The Balaban J connectivity index is 1.61. The Hall–Kier alpha value is -5.29. The average molecular weight is 878 g/mol. The number of hydrogen-bond donors (Lipinski definition) is 3. The molecule has 340 valence electrons. The number of anilines is 4. The van der Waals surface area contributed by atoms with E-state index in [4.69, 9.17) is 4.74 Å². The van der Waals surface area contributed by atoms with E-state index in [-0.39, 0.29) is 50.4 Å². The number of nitrogens with one attached hydrogen (secondary N) is 3. The molecule has 63 heavy (non-hydrogen) atoms. The molecule has 1 aromatic heterocycles. The van der Waals surface area contributed by atoms with Crippen LogP contribution in [0.15, 0.2) is 88.6 Å². The van der Waals surface area contributed by atoms with Gasteiger partial charge in [0, 0.05) is 12.6 Å². The van der Waals surface area contributed by atoms with Crippen LogP contribution in [0, 0.1) is 6.92 Å². The Labute approximate surface area is 376 Å². The molecule has 0 spiro atoms. The van der Waals surface area contributed by atoms with Gasteiger partial charge < -0.3 is 15.4 Å². The topological polar surface area (TPSA) is 123 Å². The molecule has 0 aliphatic rings. The summed E-state index contributed by atoms with van der Waals surface area (Å²) < 4.78 is 42.1. The second kappa shape index (κ2) is 19.2.